The van der Waals surface area contributed by atoms with Crippen LogP contribution in [0.5, 0.6) is 0 Å². The Bertz CT molecular complexity index is 385. The third-order valence-corrected chi connectivity index (χ3v) is 3.57. The molecule has 2 aliphatic rings. The number of carboxylic acids is 1. The minimum Gasteiger partial charge on any atom is -0.481 e. The van der Waals surface area contributed by atoms with Crippen LogP contribution in [0.25, 0.3) is 0 Å². The smallest absolute Gasteiger partial charge is 0.317 e. The Kier molecular flexibility index (Phi) is 4.24. The number of likely N-dealkylation sites (tertiary alicyclic amines) is 1. The molecule has 2 heterocycles. The van der Waals surface area contributed by atoms with Crippen molar-refractivity contribution in [1.82, 2.24) is 15.5 Å². The van der Waals surface area contributed by atoms with Crippen molar-refractivity contribution in [2.45, 2.75) is 31.7 Å². The number of amides is 3. The molecular formula is C12H19N3O4. The number of carboxylic acid groups (broad SMARTS) is 1. The summed E-state index contributed by atoms with van der Waals surface area (Å²) in [4.78, 5) is 35.4. The van der Waals surface area contributed by atoms with Crippen molar-refractivity contribution in [3.8, 4) is 0 Å². The number of rotatable bonds is 3. The summed E-state index contributed by atoms with van der Waals surface area (Å²) < 4.78 is 0. The Balaban J connectivity index is 1.81. The Morgan fingerprint density at radius 1 is 1.47 bits per heavy atom. The molecule has 106 valence electrons. The van der Waals surface area contributed by atoms with Crippen molar-refractivity contribution in [2.75, 3.05) is 19.6 Å². The van der Waals surface area contributed by atoms with E-state index < -0.39 is 5.97 Å². The molecule has 7 nitrogen and oxygen atoms in total. The van der Waals surface area contributed by atoms with Gasteiger partial charge in [-0.2, -0.15) is 0 Å². The summed E-state index contributed by atoms with van der Waals surface area (Å²) in [5, 5.41) is 14.3. The van der Waals surface area contributed by atoms with Crippen LogP contribution in [-0.4, -0.2) is 53.6 Å². The van der Waals surface area contributed by atoms with Crippen molar-refractivity contribution in [3.63, 3.8) is 0 Å². The van der Waals surface area contributed by atoms with Crippen molar-refractivity contribution in [2.24, 2.45) is 5.92 Å². The van der Waals surface area contributed by atoms with Crippen LogP contribution in [0.3, 0.4) is 0 Å². The Morgan fingerprint density at radius 3 is 2.89 bits per heavy atom. The summed E-state index contributed by atoms with van der Waals surface area (Å²) in [5.41, 5.74) is 0. The number of carbonyl (C=O) groups excluding carboxylic acids is 2. The molecule has 0 aromatic rings. The van der Waals surface area contributed by atoms with E-state index >= 15 is 0 Å². The topological polar surface area (TPSA) is 98.7 Å². The second-order valence-electron chi connectivity index (χ2n) is 5.21. The molecule has 2 saturated heterocycles. The number of nitrogens with one attached hydrogen (secondary N) is 2. The highest BCUT2D eigenvalue weighted by molar-refractivity contribution is 5.81. The normalized spacial score (nSPS) is 26.9. The molecule has 2 rings (SSSR count). The fraction of sp³-hybridized carbons (Fsp3) is 0.750. The number of carbonyl (C=O) groups is 3. The minimum absolute atomic E-state index is 0.0281. The first kappa shape index (κ1) is 13.6. The van der Waals surface area contributed by atoms with E-state index in [-0.39, 0.29) is 30.3 Å². The van der Waals surface area contributed by atoms with Crippen LogP contribution in [0, 0.1) is 5.92 Å². The summed E-state index contributed by atoms with van der Waals surface area (Å²) >= 11 is 0. The first-order valence-corrected chi connectivity index (χ1v) is 6.58. The van der Waals surface area contributed by atoms with Crippen LogP contribution in [0.4, 0.5) is 4.79 Å². The zero-order valence-electron chi connectivity index (χ0n) is 10.7. The lowest BCUT2D eigenvalue weighted by molar-refractivity contribution is -0.138. The standard InChI is InChI=1S/C12H19N3O4/c16-10-5-9(6-13-10)14-12(19)15-3-1-2-8(7-15)4-11(17)18/h8-9H,1-7H2,(H,13,16)(H,14,19)(H,17,18). The number of aliphatic carboxylic acids is 1. The average molecular weight is 269 g/mol. The summed E-state index contributed by atoms with van der Waals surface area (Å²) in [6.07, 6.45) is 2.10. The second-order valence-corrected chi connectivity index (χ2v) is 5.21. The molecule has 2 aliphatic heterocycles. The van der Waals surface area contributed by atoms with Gasteiger partial charge >= 0.3 is 12.0 Å². The molecule has 7 heteroatoms. The molecule has 3 amide bonds. The van der Waals surface area contributed by atoms with Gasteiger partial charge in [-0.05, 0) is 18.8 Å². The van der Waals surface area contributed by atoms with Gasteiger partial charge in [0.25, 0.3) is 0 Å². The SMILES string of the molecule is O=C(O)CC1CCCN(C(=O)NC2CNC(=O)C2)C1. The van der Waals surface area contributed by atoms with Crippen LogP contribution in [0.2, 0.25) is 0 Å². The van der Waals surface area contributed by atoms with E-state index in [2.05, 4.69) is 10.6 Å². The largest absolute Gasteiger partial charge is 0.481 e. The van der Waals surface area contributed by atoms with E-state index in [0.717, 1.165) is 12.8 Å². The van der Waals surface area contributed by atoms with Crippen molar-refractivity contribution >= 4 is 17.9 Å². The molecule has 2 unspecified atom stereocenters. The average Bonchev–Trinajstić information content (AvgIpc) is 2.74. The van der Waals surface area contributed by atoms with E-state index in [1.165, 1.54) is 0 Å². The van der Waals surface area contributed by atoms with E-state index in [1.54, 1.807) is 4.90 Å². The van der Waals surface area contributed by atoms with Crippen LogP contribution < -0.4 is 10.6 Å². The Morgan fingerprint density at radius 2 is 2.26 bits per heavy atom. The van der Waals surface area contributed by atoms with Crippen molar-refractivity contribution < 1.29 is 19.5 Å². The summed E-state index contributed by atoms with van der Waals surface area (Å²) in [6.45, 7) is 1.60. The van der Waals surface area contributed by atoms with Gasteiger partial charge < -0.3 is 20.6 Å². The highest BCUT2D eigenvalue weighted by atomic mass is 16.4. The molecule has 2 fully saturated rings. The van der Waals surface area contributed by atoms with Crippen LogP contribution >= 0.6 is 0 Å². The predicted molar refractivity (Wildman–Crippen MR) is 66.5 cm³/mol. The van der Waals surface area contributed by atoms with Gasteiger partial charge in [0.05, 0.1) is 6.04 Å². The molecule has 3 N–H and O–H groups in total. The first-order valence-electron chi connectivity index (χ1n) is 6.58. The molecular weight excluding hydrogens is 250 g/mol. The monoisotopic (exact) mass is 269 g/mol. The molecule has 2 atom stereocenters. The molecule has 19 heavy (non-hydrogen) atoms. The van der Waals surface area contributed by atoms with Crippen LogP contribution in [0.1, 0.15) is 25.7 Å². The number of hydrogen-bond acceptors (Lipinski definition) is 3. The van der Waals surface area contributed by atoms with Gasteiger partial charge in [0.15, 0.2) is 0 Å². The number of urea groups is 1. The summed E-state index contributed by atoms with van der Waals surface area (Å²) in [6, 6.07) is -0.351. The van der Waals surface area contributed by atoms with Gasteiger partial charge in [0, 0.05) is 32.5 Å². The quantitative estimate of drug-likeness (QED) is 0.659. The lowest BCUT2D eigenvalue weighted by atomic mass is 9.95. The van der Waals surface area contributed by atoms with Gasteiger partial charge in [-0.3, -0.25) is 9.59 Å². The maximum atomic E-state index is 12.0. The molecule has 0 radical (unpaired) electrons. The zero-order chi connectivity index (χ0) is 13.8. The second kappa shape index (κ2) is 5.90. The predicted octanol–water partition coefficient (Wildman–Crippen LogP) is -0.229. The fourth-order valence-corrected chi connectivity index (χ4v) is 2.64. The van der Waals surface area contributed by atoms with E-state index in [9.17, 15) is 14.4 Å². The van der Waals surface area contributed by atoms with Gasteiger partial charge in [-0.25, -0.2) is 4.79 Å². The van der Waals surface area contributed by atoms with Crippen LogP contribution in [-0.2, 0) is 9.59 Å². The van der Waals surface area contributed by atoms with Crippen LogP contribution in [0.15, 0.2) is 0 Å². The number of hydrogen-bond donors (Lipinski definition) is 3. The first-order chi connectivity index (χ1) is 9.04. The fourth-order valence-electron chi connectivity index (χ4n) is 2.64. The van der Waals surface area contributed by atoms with Gasteiger partial charge in [-0.1, -0.05) is 0 Å². The summed E-state index contributed by atoms with van der Waals surface area (Å²) in [5.74, 6) is -0.842. The maximum Gasteiger partial charge on any atom is 0.317 e. The van der Waals surface area contributed by atoms with E-state index in [4.69, 9.17) is 5.11 Å². The maximum absolute atomic E-state index is 12.0. The third kappa shape index (κ3) is 3.84. The number of nitrogens with zero attached hydrogens (tertiary/aromatic N) is 1. The zero-order valence-corrected chi connectivity index (χ0v) is 10.7. The molecule has 0 bridgehead atoms. The van der Waals surface area contributed by atoms with E-state index in [1.807, 2.05) is 0 Å². The number of piperidine rings is 1. The molecule has 0 spiro atoms. The van der Waals surface area contributed by atoms with Gasteiger partial charge in [0.1, 0.15) is 0 Å². The van der Waals surface area contributed by atoms with Gasteiger partial charge in [0.2, 0.25) is 5.91 Å². The summed E-state index contributed by atoms with van der Waals surface area (Å²) in [7, 11) is 0. The third-order valence-electron chi connectivity index (χ3n) is 3.57. The molecule has 0 aromatic heterocycles. The molecule has 0 saturated carbocycles. The Hall–Kier alpha value is -1.79. The molecule has 0 aromatic carbocycles. The van der Waals surface area contributed by atoms with Crippen molar-refractivity contribution in [1.29, 1.82) is 0 Å². The Labute approximate surface area is 111 Å². The minimum atomic E-state index is -0.821. The lowest BCUT2D eigenvalue weighted by Gasteiger charge is -2.32. The van der Waals surface area contributed by atoms with Crippen molar-refractivity contribution in [3.05, 3.63) is 0 Å². The van der Waals surface area contributed by atoms with Gasteiger partial charge in [-0.15, -0.1) is 0 Å². The van der Waals surface area contributed by atoms with E-state index in [0.29, 0.717) is 26.1 Å². The highest BCUT2D eigenvalue weighted by Crippen LogP contribution is 2.19. The molecule has 0 aliphatic carbocycles. The highest BCUT2D eigenvalue weighted by Gasteiger charge is 2.28. The lowest BCUT2D eigenvalue weighted by Crippen LogP contribution is -2.49.